The van der Waals surface area contributed by atoms with E-state index < -0.39 is 36.5 Å². The van der Waals surface area contributed by atoms with E-state index >= 15 is 0 Å². The highest BCUT2D eigenvalue weighted by Crippen LogP contribution is 2.22. The first-order valence-electron chi connectivity index (χ1n) is 7.26. The molecule has 1 rings (SSSR count). The molecule has 1 aromatic carbocycles. The van der Waals surface area contributed by atoms with E-state index in [2.05, 4.69) is 10.6 Å². The lowest BCUT2D eigenvalue weighted by molar-refractivity contribution is -0.157. The summed E-state index contributed by atoms with van der Waals surface area (Å²) in [5, 5.41) is 15.7. The van der Waals surface area contributed by atoms with Crippen LogP contribution in [0.1, 0.15) is 30.6 Å². The zero-order valence-electron chi connectivity index (χ0n) is 13.5. The molecule has 0 saturated carbocycles. The van der Waals surface area contributed by atoms with Crippen molar-refractivity contribution in [1.29, 1.82) is 0 Å². The average molecular weight is 361 g/mol. The number of carboxylic acid groups (broad SMARTS) is 1. The number of urea groups is 1. The minimum Gasteiger partial charge on any atom is -0.480 e. The molecule has 0 aromatic heterocycles. The first kappa shape index (κ1) is 20.3. The summed E-state index contributed by atoms with van der Waals surface area (Å²) in [6.07, 6.45) is -6.41. The molecule has 1 unspecified atom stereocenters. The molecule has 0 heterocycles. The maximum Gasteiger partial charge on any atom is 0.391 e. The molecule has 0 spiro atoms. The fraction of sp³-hybridized carbons (Fsp3) is 0.400. The van der Waals surface area contributed by atoms with E-state index in [1.807, 2.05) is 5.32 Å². The Kier molecular flexibility index (Phi) is 6.77. The predicted octanol–water partition coefficient (Wildman–Crippen LogP) is 2.35. The van der Waals surface area contributed by atoms with E-state index in [0.717, 1.165) is 0 Å². The highest BCUT2D eigenvalue weighted by molar-refractivity contribution is 5.97. The van der Waals surface area contributed by atoms with Crippen LogP contribution in [-0.2, 0) is 4.79 Å². The van der Waals surface area contributed by atoms with Gasteiger partial charge in [-0.3, -0.25) is 4.79 Å². The molecule has 0 aliphatic heterocycles. The Morgan fingerprint density at radius 1 is 1.08 bits per heavy atom. The van der Waals surface area contributed by atoms with Crippen molar-refractivity contribution in [3.05, 3.63) is 29.8 Å². The zero-order valence-corrected chi connectivity index (χ0v) is 13.5. The maximum absolute atomic E-state index is 12.3. The molecule has 0 radical (unpaired) electrons. The van der Waals surface area contributed by atoms with E-state index in [0.29, 0.717) is 5.69 Å². The van der Waals surface area contributed by atoms with Gasteiger partial charge < -0.3 is 21.1 Å². The summed E-state index contributed by atoms with van der Waals surface area (Å²) in [6, 6.07) is 2.64. The molecule has 4 N–H and O–H groups in total. The van der Waals surface area contributed by atoms with Crippen LogP contribution in [0.4, 0.5) is 23.7 Å². The summed E-state index contributed by atoms with van der Waals surface area (Å²) in [4.78, 5) is 34.2. The summed E-state index contributed by atoms with van der Waals surface area (Å²) in [6.45, 7) is 3.54. The van der Waals surface area contributed by atoms with Crippen molar-refractivity contribution in [2.75, 3.05) is 5.32 Å². The molecular formula is C15H18F3N3O4. The number of nitrogens with one attached hydrogen (secondary N) is 3. The molecule has 0 bridgehead atoms. The number of carbonyl (C=O) groups excluding carboxylic acids is 2. The molecule has 3 amide bonds. The standard InChI is InChI=1S/C15H18F3N3O4/c1-8(2)19-14(25)20-10-5-3-9(4-6-10)12(22)21-11(13(23)24)7-15(16,17)18/h3-6,8,11H,7H2,1-2H3,(H,21,22)(H,23,24)(H2,19,20,25). The summed E-state index contributed by atoms with van der Waals surface area (Å²) in [7, 11) is 0. The highest BCUT2D eigenvalue weighted by Gasteiger charge is 2.36. The minimum atomic E-state index is -4.73. The molecule has 0 saturated heterocycles. The summed E-state index contributed by atoms with van der Waals surface area (Å²) in [5.74, 6) is -2.75. The number of hydrogen-bond acceptors (Lipinski definition) is 3. The first-order chi connectivity index (χ1) is 11.5. The lowest BCUT2D eigenvalue weighted by Gasteiger charge is -2.16. The molecule has 0 aliphatic rings. The van der Waals surface area contributed by atoms with Crippen molar-refractivity contribution in [2.45, 2.75) is 38.5 Å². The molecule has 1 atom stereocenters. The van der Waals surface area contributed by atoms with Gasteiger partial charge in [-0.1, -0.05) is 0 Å². The molecule has 0 aliphatic carbocycles. The molecular weight excluding hydrogens is 343 g/mol. The number of benzene rings is 1. The van der Waals surface area contributed by atoms with Crippen LogP contribution < -0.4 is 16.0 Å². The Balaban J connectivity index is 2.72. The number of halogens is 3. The number of alkyl halides is 3. The summed E-state index contributed by atoms with van der Waals surface area (Å²) >= 11 is 0. The lowest BCUT2D eigenvalue weighted by atomic mass is 10.1. The third kappa shape index (κ3) is 7.55. The fourth-order valence-electron chi connectivity index (χ4n) is 1.81. The van der Waals surface area contributed by atoms with Crippen molar-refractivity contribution < 1.29 is 32.7 Å². The van der Waals surface area contributed by atoms with E-state index in [9.17, 15) is 27.6 Å². The normalized spacial score (nSPS) is 12.4. The Bertz CT molecular complexity index is 630. The average Bonchev–Trinajstić information content (AvgIpc) is 2.44. The number of carbonyl (C=O) groups is 3. The molecule has 10 heteroatoms. The van der Waals surface area contributed by atoms with Gasteiger partial charge in [0.05, 0.1) is 6.42 Å². The Hall–Kier alpha value is -2.78. The van der Waals surface area contributed by atoms with Crippen LogP contribution in [-0.4, -0.2) is 41.3 Å². The number of amides is 3. The van der Waals surface area contributed by atoms with Crippen LogP contribution >= 0.6 is 0 Å². The number of carboxylic acids is 1. The van der Waals surface area contributed by atoms with Gasteiger partial charge in [0.1, 0.15) is 6.04 Å². The Labute approximate surface area is 141 Å². The Morgan fingerprint density at radius 2 is 1.64 bits per heavy atom. The fourth-order valence-corrected chi connectivity index (χ4v) is 1.81. The minimum absolute atomic E-state index is 0.0387. The molecule has 25 heavy (non-hydrogen) atoms. The second kappa shape index (κ2) is 8.36. The Morgan fingerprint density at radius 3 is 2.08 bits per heavy atom. The SMILES string of the molecule is CC(C)NC(=O)Nc1ccc(C(=O)NC(CC(F)(F)F)C(=O)O)cc1. The molecule has 0 fully saturated rings. The van der Waals surface area contributed by atoms with Gasteiger partial charge in [0, 0.05) is 17.3 Å². The van der Waals surface area contributed by atoms with Crippen LogP contribution in [0.2, 0.25) is 0 Å². The van der Waals surface area contributed by atoms with E-state index in [-0.39, 0.29) is 11.6 Å². The molecule has 138 valence electrons. The van der Waals surface area contributed by atoms with Crippen molar-refractivity contribution in [2.24, 2.45) is 0 Å². The van der Waals surface area contributed by atoms with Gasteiger partial charge in [0.15, 0.2) is 0 Å². The largest absolute Gasteiger partial charge is 0.480 e. The predicted molar refractivity (Wildman–Crippen MR) is 83.3 cm³/mol. The van der Waals surface area contributed by atoms with Crippen molar-refractivity contribution in [3.63, 3.8) is 0 Å². The number of anilines is 1. The topological polar surface area (TPSA) is 108 Å². The number of rotatable bonds is 6. The van der Waals surface area contributed by atoms with Gasteiger partial charge in [-0.2, -0.15) is 13.2 Å². The molecule has 7 nitrogen and oxygen atoms in total. The van der Waals surface area contributed by atoms with Gasteiger partial charge >= 0.3 is 18.2 Å². The van der Waals surface area contributed by atoms with Gasteiger partial charge in [-0.25, -0.2) is 9.59 Å². The van der Waals surface area contributed by atoms with Crippen LogP contribution in [0.5, 0.6) is 0 Å². The van der Waals surface area contributed by atoms with E-state index in [4.69, 9.17) is 5.11 Å². The van der Waals surface area contributed by atoms with Gasteiger partial charge in [-0.05, 0) is 38.1 Å². The second-order valence-corrected chi connectivity index (χ2v) is 5.51. The van der Waals surface area contributed by atoms with Crippen molar-refractivity contribution in [3.8, 4) is 0 Å². The number of hydrogen-bond donors (Lipinski definition) is 4. The lowest BCUT2D eigenvalue weighted by Crippen LogP contribution is -2.43. The smallest absolute Gasteiger partial charge is 0.391 e. The van der Waals surface area contributed by atoms with Crippen molar-refractivity contribution in [1.82, 2.24) is 10.6 Å². The summed E-state index contributed by atoms with van der Waals surface area (Å²) < 4.78 is 37.0. The second-order valence-electron chi connectivity index (χ2n) is 5.51. The molecule has 1 aromatic rings. The van der Waals surface area contributed by atoms with Gasteiger partial charge in [0.25, 0.3) is 5.91 Å². The van der Waals surface area contributed by atoms with E-state index in [1.165, 1.54) is 24.3 Å². The van der Waals surface area contributed by atoms with E-state index in [1.54, 1.807) is 13.8 Å². The summed E-state index contributed by atoms with van der Waals surface area (Å²) in [5.41, 5.74) is 0.322. The highest BCUT2D eigenvalue weighted by atomic mass is 19.4. The number of aliphatic carboxylic acids is 1. The van der Waals surface area contributed by atoms with Crippen molar-refractivity contribution >= 4 is 23.6 Å². The third-order valence-corrected chi connectivity index (χ3v) is 2.86. The van der Waals surface area contributed by atoms with Gasteiger partial charge in [-0.15, -0.1) is 0 Å². The van der Waals surface area contributed by atoms with Gasteiger partial charge in [0.2, 0.25) is 0 Å². The van der Waals surface area contributed by atoms with Crippen LogP contribution in [0.3, 0.4) is 0 Å². The van der Waals surface area contributed by atoms with Crippen LogP contribution in [0, 0.1) is 0 Å². The zero-order chi connectivity index (χ0) is 19.2. The first-order valence-corrected chi connectivity index (χ1v) is 7.26. The monoisotopic (exact) mass is 361 g/mol. The van der Waals surface area contributed by atoms with Crippen LogP contribution in [0.15, 0.2) is 24.3 Å². The third-order valence-electron chi connectivity index (χ3n) is 2.86. The van der Waals surface area contributed by atoms with Crippen LogP contribution in [0.25, 0.3) is 0 Å². The maximum atomic E-state index is 12.3. The quantitative estimate of drug-likeness (QED) is 0.624.